The minimum Gasteiger partial charge on any atom is -0.379 e. The summed E-state index contributed by atoms with van der Waals surface area (Å²) < 4.78 is 11.4. The van der Waals surface area contributed by atoms with Gasteiger partial charge >= 0.3 is 0 Å². The summed E-state index contributed by atoms with van der Waals surface area (Å²) in [5.41, 5.74) is 0.411. The third kappa shape index (κ3) is 3.07. The van der Waals surface area contributed by atoms with Crippen LogP contribution >= 0.6 is 11.6 Å². The Hall–Kier alpha value is -1.10. The lowest BCUT2D eigenvalue weighted by molar-refractivity contribution is -0.0458. The molecule has 0 saturated carbocycles. The Balaban J connectivity index is 1.73. The van der Waals surface area contributed by atoms with E-state index < -0.39 is 0 Å². The van der Waals surface area contributed by atoms with E-state index in [-0.39, 0.29) is 17.6 Å². The second-order valence-corrected chi connectivity index (χ2v) is 6.33. The van der Waals surface area contributed by atoms with E-state index in [1.807, 2.05) is 17.0 Å². The third-order valence-electron chi connectivity index (χ3n) is 4.41. The molecule has 114 valence electrons. The number of hydrogen-bond acceptors (Lipinski definition) is 3. The fraction of sp³-hybridized carbons (Fsp3) is 0.562. The topological polar surface area (TPSA) is 38.8 Å². The first-order chi connectivity index (χ1) is 10.1. The minimum atomic E-state index is -0.229. The molecule has 0 radical (unpaired) electrons. The fourth-order valence-electron chi connectivity index (χ4n) is 3.31. The van der Waals surface area contributed by atoms with Gasteiger partial charge in [0.1, 0.15) is 0 Å². The number of carbonyl (C=O) groups excluding carboxylic acids is 1. The average molecular weight is 310 g/mol. The summed E-state index contributed by atoms with van der Waals surface area (Å²) in [6, 6.07) is 7.11. The van der Waals surface area contributed by atoms with Gasteiger partial charge in [0.25, 0.3) is 5.91 Å². The van der Waals surface area contributed by atoms with E-state index in [2.05, 4.69) is 0 Å². The Bertz CT molecular complexity index is 536. The molecule has 0 bridgehead atoms. The van der Waals surface area contributed by atoms with E-state index in [0.29, 0.717) is 23.7 Å². The number of benzene rings is 1. The molecule has 0 aromatic heterocycles. The molecule has 3 rings (SSSR count). The lowest BCUT2D eigenvalue weighted by Gasteiger charge is -2.39. The van der Waals surface area contributed by atoms with Crippen LogP contribution in [0.25, 0.3) is 0 Å². The van der Waals surface area contributed by atoms with E-state index in [0.717, 1.165) is 25.8 Å². The number of methoxy groups -OCH3 is 1. The van der Waals surface area contributed by atoms with Crippen LogP contribution in [-0.2, 0) is 9.47 Å². The Morgan fingerprint density at radius 2 is 2.38 bits per heavy atom. The molecule has 21 heavy (non-hydrogen) atoms. The number of rotatable bonds is 2. The van der Waals surface area contributed by atoms with E-state index in [1.165, 1.54) is 0 Å². The van der Waals surface area contributed by atoms with Crippen LogP contribution in [0.2, 0.25) is 5.02 Å². The monoisotopic (exact) mass is 309 g/mol. The highest BCUT2D eigenvalue weighted by molar-refractivity contribution is 6.30. The first-order valence-corrected chi connectivity index (χ1v) is 7.71. The molecule has 1 aromatic rings. The predicted octanol–water partition coefficient (Wildman–Crippen LogP) is 2.75. The summed E-state index contributed by atoms with van der Waals surface area (Å²) in [5.74, 6) is 0.0287. The number of piperidine rings is 1. The van der Waals surface area contributed by atoms with Crippen LogP contribution < -0.4 is 0 Å². The van der Waals surface area contributed by atoms with Crippen LogP contribution in [0.1, 0.15) is 29.6 Å². The largest absolute Gasteiger partial charge is 0.379 e. The quantitative estimate of drug-likeness (QED) is 0.843. The number of nitrogens with zero attached hydrogens (tertiary/aromatic N) is 1. The van der Waals surface area contributed by atoms with Gasteiger partial charge in [-0.1, -0.05) is 17.7 Å². The average Bonchev–Trinajstić information content (AvgIpc) is 2.89. The summed E-state index contributed by atoms with van der Waals surface area (Å²) >= 11 is 5.97. The molecule has 2 heterocycles. The van der Waals surface area contributed by atoms with E-state index >= 15 is 0 Å². The van der Waals surface area contributed by atoms with Crippen molar-refractivity contribution in [2.24, 2.45) is 0 Å². The molecule has 0 aliphatic carbocycles. The zero-order valence-electron chi connectivity index (χ0n) is 12.2. The van der Waals surface area contributed by atoms with Crippen molar-refractivity contribution in [1.82, 2.24) is 4.90 Å². The number of likely N-dealkylation sites (tertiary alicyclic amines) is 1. The molecule has 2 saturated heterocycles. The van der Waals surface area contributed by atoms with Gasteiger partial charge in [0, 0.05) is 30.7 Å². The van der Waals surface area contributed by atoms with Crippen LogP contribution in [0, 0.1) is 0 Å². The Labute approximate surface area is 130 Å². The van der Waals surface area contributed by atoms with Gasteiger partial charge < -0.3 is 14.4 Å². The van der Waals surface area contributed by atoms with Crippen LogP contribution in [0.4, 0.5) is 0 Å². The summed E-state index contributed by atoms with van der Waals surface area (Å²) in [5, 5.41) is 0.587. The number of halogens is 1. The summed E-state index contributed by atoms with van der Waals surface area (Å²) in [7, 11) is 1.71. The molecule has 5 heteroatoms. The van der Waals surface area contributed by atoms with Crippen LogP contribution in [0.15, 0.2) is 24.3 Å². The highest BCUT2D eigenvalue weighted by atomic mass is 35.5. The predicted molar refractivity (Wildman–Crippen MR) is 80.7 cm³/mol. The van der Waals surface area contributed by atoms with Crippen molar-refractivity contribution in [3.63, 3.8) is 0 Å². The highest BCUT2D eigenvalue weighted by Crippen LogP contribution is 2.36. The Morgan fingerprint density at radius 3 is 3.10 bits per heavy atom. The second kappa shape index (κ2) is 5.95. The molecular weight excluding hydrogens is 290 g/mol. The first kappa shape index (κ1) is 14.8. The van der Waals surface area contributed by atoms with Crippen molar-refractivity contribution in [3.8, 4) is 0 Å². The van der Waals surface area contributed by atoms with Crippen LogP contribution in [-0.4, -0.2) is 49.3 Å². The van der Waals surface area contributed by atoms with Crippen molar-refractivity contribution in [1.29, 1.82) is 0 Å². The number of carbonyl (C=O) groups is 1. The molecule has 2 aliphatic rings. The zero-order valence-corrected chi connectivity index (χ0v) is 12.9. The molecule has 1 aromatic carbocycles. The SMILES string of the molecule is CO[C@H]1CO[C@@]2(CCCN(C(=O)c3cccc(Cl)c3)C2)C1. The molecule has 0 N–H and O–H groups in total. The van der Waals surface area contributed by atoms with E-state index in [1.54, 1.807) is 19.2 Å². The van der Waals surface area contributed by atoms with Gasteiger partial charge in [-0.25, -0.2) is 0 Å². The molecule has 1 spiro atoms. The number of hydrogen-bond donors (Lipinski definition) is 0. The molecule has 4 nitrogen and oxygen atoms in total. The number of ether oxygens (including phenoxy) is 2. The van der Waals surface area contributed by atoms with Crippen LogP contribution in [0.3, 0.4) is 0 Å². The normalized spacial score (nSPS) is 29.0. The minimum absolute atomic E-state index is 0.0287. The van der Waals surface area contributed by atoms with Gasteiger partial charge in [0.05, 0.1) is 24.9 Å². The molecule has 0 unspecified atom stereocenters. The summed E-state index contributed by atoms with van der Waals surface area (Å²) in [6.07, 6.45) is 2.96. The molecular formula is C16H20ClNO3. The summed E-state index contributed by atoms with van der Waals surface area (Å²) in [6.45, 7) is 2.03. The Morgan fingerprint density at radius 1 is 1.52 bits per heavy atom. The molecule has 2 fully saturated rings. The number of amides is 1. The standard InChI is InChI=1S/C16H20ClNO3/c1-20-14-9-16(21-10-14)6-3-7-18(11-16)15(19)12-4-2-5-13(17)8-12/h2,4-5,8,14H,3,6-7,9-11H2,1H3/t14-,16+/m1/s1. The maximum Gasteiger partial charge on any atom is 0.254 e. The molecule has 1 amide bonds. The van der Waals surface area contributed by atoms with Crippen molar-refractivity contribution in [2.45, 2.75) is 31.0 Å². The van der Waals surface area contributed by atoms with Crippen molar-refractivity contribution in [3.05, 3.63) is 34.9 Å². The maximum absolute atomic E-state index is 12.6. The first-order valence-electron chi connectivity index (χ1n) is 7.33. The van der Waals surface area contributed by atoms with Gasteiger partial charge in [0.15, 0.2) is 0 Å². The van der Waals surface area contributed by atoms with Crippen LogP contribution in [0.5, 0.6) is 0 Å². The lowest BCUT2D eigenvalue weighted by Crippen LogP contribution is -2.50. The van der Waals surface area contributed by atoms with Gasteiger partial charge in [-0.05, 0) is 31.0 Å². The second-order valence-electron chi connectivity index (χ2n) is 5.90. The Kier molecular flexibility index (Phi) is 4.20. The fourth-order valence-corrected chi connectivity index (χ4v) is 3.50. The van der Waals surface area contributed by atoms with Gasteiger partial charge in [-0.3, -0.25) is 4.79 Å². The van der Waals surface area contributed by atoms with Crippen molar-refractivity contribution < 1.29 is 14.3 Å². The van der Waals surface area contributed by atoms with Gasteiger partial charge in [0.2, 0.25) is 0 Å². The maximum atomic E-state index is 12.6. The third-order valence-corrected chi connectivity index (χ3v) is 4.64. The summed E-state index contributed by atoms with van der Waals surface area (Å²) in [4.78, 5) is 14.5. The molecule has 2 atom stereocenters. The smallest absolute Gasteiger partial charge is 0.254 e. The highest BCUT2D eigenvalue weighted by Gasteiger charge is 2.44. The molecule has 2 aliphatic heterocycles. The van der Waals surface area contributed by atoms with Gasteiger partial charge in [-0.2, -0.15) is 0 Å². The van der Waals surface area contributed by atoms with Crippen molar-refractivity contribution in [2.75, 3.05) is 26.8 Å². The van der Waals surface area contributed by atoms with E-state index in [4.69, 9.17) is 21.1 Å². The van der Waals surface area contributed by atoms with E-state index in [9.17, 15) is 4.79 Å². The lowest BCUT2D eigenvalue weighted by atomic mass is 9.89. The van der Waals surface area contributed by atoms with Gasteiger partial charge in [-0.15, -0.1) is 0 Å². The zero-order chi connectivity index (χ0) is 14.9. The van der Waals surface area contributed by atoms with Crippen molar-refractivity contribution >= 4 is 17.5 Å².